The van der Waals surface area contributed by atoms with Gasteiger partial charge in [-0.2, -0.15) is 8.78 Å². The molecule has 8 radical (unpaired) electrons. The second-order valence-corrected chi connectivity index (χ2v) is 9.04. The molecule has 2 unspecified atom stereocenters. The lowest BCUT2D eigenvalue weighted by molar-refractivity contribution is -0.154. The van der Waals surface area contributed by atoms with E-state index in [1.807, 2.05) is 0 Å². The van der Waals surface area contributed by atoms with Crippen LogP contribution in [0.5, 0.6) is 0 Å². The number of carbonyl (C=O) groups excluding carboxylic acids is 4. The van der Waals surface area contributed by atoms with Crippen molar-refractivity contribution in [3.63, 3.8) is 0 Å². The molecule has 0 aromatic heterocycles. The highest BCUT2D eigenvalue weighted by molar-refractivity contribution is 6.37. The Morgan fingerprint density at radius 3 is 2.47 bits per heavy atom. The van der Waals surface area contributed by atoms with E-state index in [1.54, 1.807) is 0 Å². The quantitative estimate of drug-likeness (QED) is 0.491. The predicted octanol–water partition coefficient (Wildman–Crippen LogP) is 1.04. The molecule has 2 aromatic carbocycles. The SMILES string of the molecule is [B]C1C[C@]([B])(N2Cc3cc(C([B])N([B])C(=O)C(F)(F)c4ccc(Cl)cc4)ccc3C2=O)C(=O)NC1=O. The molecule has 2 aromatic rings. The van der Waals surface area contributed by atoms with Gasteiger partial charge in [0.1, 0.15) is 15.7 Å². The Morgan fingerprint density at radius 2 is 1.83 bits per heavy atom. The van der Waals surface area contributed by atoms with Crippen molar-refractivity contribution in [1.82, 2.24) is 15.0 Å². The average Bonchev–Trinajstić information content (AvgIpc) is 3.18. The van der Waals surface area contributed by atoms with Gasteiger partial charge >= 0.3 is 5.92 Å². The van der Waals surface area contributed by atoms with E-state index in [9.17, 15) is 28.0 Å². The third kappa shape index (κ3) is 4.23. The standard InChI is InChI=1S/C22H14B4ClF2N3O4/c23-15-8-21(25,19(35)30-17(15)33)31-9-11-7-10(1-6-14(11)18(31)34)16(24)32(26)20(36)22(28,29)12-2-4-13(27)5-3-12/h1-7,15-16H,8-9H2,(H,30,33,35)/t15?,16?,21-/m0/s1. The molecule has 14 heteroatoms. The van der Waals surface area contributed by atoms with E-state index in [0.29, 0.717) is 5.56 Å². The van der Waals surface area contributed by atoms with E-state index in [0.717, 1.165) is 17.0 Å². The predicted molar refractivity (Wildman–Crippen MR) is 129 cm³/mol. The van der Waals surface area contributed by atoms with Crippen molar-refractivity contribution in [2.75, 3.05) is 0 Å². The zero-order valence-electron chi connectivity index (χ0n) is 18.6. The Bertz CT molecular complexity index is 1280. The number of imide groups is 1. The molecule has 2 aliphatic heterocycles. The Hall–Kier alpha value is -3.07. The maximum atomic E-state index is 14.8. The number of benzene rings is 2. The first-order chi connectivity index (χ1) is 16.8. The Balaban J connectivity index is 1.56. The van der Waals surface area contributed by atoms with Crippen molar-refractivity contribution < 1.29 is 28.0 Å². The molecule has 0 bridgehead atoms. The number of carbonyl (C=O) groups is 4. The number of nitrogens with zero attached hydrogens (tertiary/aromatic N) is 2. The van der Waals surface area contributed by atoms with Gasteiger partial charge in [-0.25, -0.2) is 0 Å². The molecular weight excluding hydrogens is 487 g/mol. The normalized spacial score (nSPS) is 22.7. The van der Waals surface area contributed by atoms with Gasteiger partial charge in [0, 0.05) is 34.5 Å². The van der Waals surface area contributed by atoms with Crippen molar-refractivity contribution in [2.45, 2.75) is 36.1 Å². The lowest BCUT2D eigenvalue weighted by atomic mass is 9.62. The highest BCUT2D eigenvalue weighted by atomic mass is 35.5. The fourth-order valence-corrected chi connectivity index (χ4v) is 4.27. The van der Waals surface area contributed by atoms with Crippen LogP contribution in [-0.2, 0) is 26.9 Å². The molecule has 2 aliphatic rings. The average molecular weight is 501 g/mol. The summed E-state index contributed by atoms with van der Waals surface area (Å²) in [4.78, 5) is 50.9. The topological polar surface area (TPSA) is 86.8 Å². The number of rotatable bonds is 5. The molecule has 7 nitrogen and oxygen atoms in total. The van der Waals surface area contributed by atoms with Crippen LogP contribution in [0.1, 0.15) is 39.4 Å². The Kier molecular flexibility index (Phi) is 6.58. The van der Waals surface area contributed by atoms with Crippen LogP contribution < -0.4 is 5.32 Å². The Morgan fingerprint density at radius 1 is 1.19 bits per heavy atom. The molecule has 1 N–H and O–H groups in total. The minimum Gasteiger partial charge on any atom is -0.393 e. The molecule has 1 fully saturated rings. The van der Waals surface area contributed by atoms with Crippen molar-refractivity contribution >= 4 is 66.7 Å². The van der Waals surface area contributed by atoms with E-state index in [-0.39, 0.29) is 33.9 Å². The molecule has 0 spiro atoms. The third-order valence-electron chi connectivity index (χ3n) is 6.26. The van der Waals surface area contributed by atoms with Crippen LogP contribution in [0.3, 0.4) is 0 Å². The first kappa shape index (κ1) is 26.0. The summed E-state index contributed by atoms with van der Waals surface area (Å²) < 4.78 is 29.5. The van der Waals surface area contributed by atoms with Gasteiger partial charge in [-0.3, -0.25) is 24.5 Å². The Labute approximate surface area is 215 Å². The van der Waals surface area contributed by atoms with Crippen LogP contribution >= 0.6 is 11.6 Å². The zero-order valence-corrected chi connectivity index (χ0v) is 19.3. The van der Waals surface area contributed by atoms with E-state index in [2.05, 4.69) is 5.32 Å². The highest BCUT2D eigenvalue weighted by Crippen LogP contribution is 2.37. The summed E-state index contributed by atoms with van der Waals surface area (Å²) in [6.45, 7) is -0.154. The van der Waals surface area contributed by atoms with Gasteiger partial charge in [-0.1, -0.05) is 35.9 Å². The number of amides is 4. The van der Waals surface area contributed by atoms with Crippen molar-refractivity contribution in [3.8, 4) is 0 Å². The molecule has 4 rings (SSSR count). The molecule has 3 atom stereocenters. The summed E-state index contributed by atoms with van der Waals surface area (Å²) in [5.74, 6) is -10.5. The molecule has 36 heavy (non-hydrogen) atoms. The number of hydrogen-bond donors (Lipinski definition) is 1. The van der Waals surface area contributed by atoms with Gasteiger partial charge in [0.05, 0.1) is 13.3 Å². The molecule has 174 valence electrons. The van der Waals surface area contributed by atoms with Gasteiger partial charge in [0.25, 0.3) is 11.8 Å². The molecule has 0 aliphatic carbocycles. The minimum absolute atomic E-state index is 0.150. The number of nitrogens with one attached hydrogen (secondary N) is 1. The number of piperidine rings is 1. The summed E-state index contributed by atoms with van der Waals surface area (Å²) in [6.07, 6.45) is -0.297. The highest BCUT2D eigenvalue weighted by Gasteiger charge is 2.50. The summed E-state index contributed by atoms with van der Waals surface area (Å²) in [6, 6.07) is 8.52. The van der Waals surface area contributed by atoms with Crippen molar-refractivity contribution in [1.29, 1.82) is 0 Å². The minimum atomic E-state index is -3.99. The summed E-state index contributed by atoms with van der Waals surface area (Å²) in [7, 11) is 23.6. The van der Waals surface area contributed by atoms with E-state index in [4.69, 9.17) is 43.1 Å². The molecule has 4 amide bonds. The third-order valence-corrected chi connectivity index (χ3v) is 6.52. The maximum absolute atomic E-state index is 14.8. The van der Waals surface area contributed by atoms with E-state index >= 15 is 0 Å². The lowest BCUT2D eigenvalue weighted by Crippen LogP contribution is -2.64. The monoisotopic (exact) mass is 501 g/mol. The van der Waals surface area contributed by atoms with E-state index in [1.165, 1.54) is 30.3 Å². The molecular formula is C22H14B4ClF2N3O4. The van der Waals surface area contributed by atoms with Crippen molar-refractivity contribution in [3.05, 3.63) is 69.7 Å². The molecule has 0 saturated carbocycles. The number of alkyl halides is 2. The van der Waals surface area contributed by atoms with Gasteiger partial charge in [-0.15, -0.1) is 0 Å². The second-order valence-electron chi connectivity index (χ2n) is 8.60. The first-order valence-electron chi connectivity index (χ1n) is 10.6. The van der Waals surface area contributed by atoms with Crippen LogP contribution in [0, 0.1) is 0 Å². The lowest BCUT2D eigenvalue weighted by Gasteiger charge is -2.42. The van der Waals surface area contributed by atoms with Gasteiger partial charge in [0.15, 0.2) is 0 Å². The summed E-state index contributed by atoms with van der Waals surface area (Å²) in [5, 5.41) is 2.26. The fraction of sp³-hybridized carbons (Fsp3) is 0.273. The second kappa shape index (κ2) is 9.10. The smallest absolute Gasteiger partial charge is 0.348 e. The zero-order chi connectivity index (χ0) is 26.6. The maximum Gasteiger partial charge on any atom is 0.348 e. The van der Waals surface area contributed by atoms with Crippen LogP contribution in [-0.4, -0.2) is 70.3 Å². The van der Waals surface area contributed by atoms with Crippen LogP contribution in [0.15, 0.2) is 42.5 Å². The van der Waals surface area contributed by atoms with Crippen LogP contribution in [0.2, 0.25) is 10.8 Å². The van der Waals surface area contributed by atoms with Crippen molar-refractivity contribution in [2.24, 2.45) is 0 Å². The summed E-state index contributed by atoms with van der Waals surface area (Å²) >= 11 is 5.72. The number of halogens is 3. The van der Waals surface area contributed by atoms with E-state index < -0.39 is 52.3 Å². The van der Waals surface area contributed by atoms with Gasteiger partial charge in [-0.05, 0) is 35.7 Å². The number of hydrogen-bond acceptors (Lipinski definition) is 4. The first-order valence-corrected chi connectivity index (χ1v) is 11.0. The molecule has 1 saturated heterocycles. The summed E-state index contributed by atoms with van der Waals surface area (Å²) in [5.41, 5.74) is -1.82. The van der Waals surface area contributed by atoms with Crippen LogP contribution in [0.25, 0.3) is 0 Å². The molecule has 2 heterocycles. The van der Waals surface area contributed by atoms with Gasteiger partial charge < -0.3 is 9.71 Å². The van der Waals surface area contributed by atoms with Crippen LogP contribution in [0.4, 0.5) is 8.78 Å². The largest absolute Gasteiger partial charge is 0.393 e. The van der Waals surface area contributed by atoms with Gasteiger partial charge in [0.2, 0.25) is 19.8 Å². The number of fused-ring (bicyclic) bond motifs is 1. The fourth-order valence-electron chi connectivity index (χ4n) is 4.14.